The van der Waals surface area contributed by atoms with Crippen LogP contribution in [0.2, 0.25) is 0 Å². The van der Waals surface area contributed by atoms with Crippen molar-refractivity contribution in [1.82, 2.24) is 15.6 Å². The highest BCUT2D eigenvalue weighted by molar-refractivity contribution is 5.77. The smallest absolute Gasteiger partial charge is 0.311 e. The standard InChI is InChI=1S/C20H24N4O2/c1-20(2)12-26-18(25)15(20)16-14-9-11-21-17(14)24-19(23-16)22-10-8-13-6-4-3-5-7-13/h3-11,15-16,19,21-24H,12H2,1-2H3/b10-8-. The van der Waals surface area contributed by atoms with Gasteiger partial charge in [0.2, 0.25) is 0 Å². The van der Waals surface area contributed by atoms with Crippen LogP contribution in [0.5, 0.6) is 0 Å². The maximum absolute atomic E-state index is 12.4. The monoisotopic (exact) mass is 352 g/mol. The van der Waals surface area contributed by atoms with E-state index in [9.17, 15) is 4.79 Å². The van der Waals surface area contributed by atoms with Crippen LogP contribution in [0.3, 0.4) is 0 Å². The van der Waals surface area contributed by atoms with Crippen molar-refractivity contribution in [1.29, 1.82) is 0 Å². The van der Waals surface area contributed by atoms with Crippen molar-refractivity contribution in [3.8, 4) is 0 Å². The zero-order chi connectivity index (χ0) is 18.1. The van der Waals surface area contributed by atoms with Gasteiger partial charge in [0.15, 0.2) is 6.29 Å². The molecule has 136 valence electrons. The number of carbonyl (C=O) groups is 1. The van der Waals surface area contributed by atoms with E-state index in [1.807, 2.05) is 54.9 Å². The largest absolute Gasteiger partial charge is 0.465 e. The van der Waals surface area contributed by atoms with Crippen LogP contribution in [0.1, 0.15) is 31.0 Å². The second-order valence-corrected chi connectivity index (χ2v) is 7.51. The summed E-state index contributed by atoms with van der Waals surface area (Å²) in [6.45, 7) is 4.61. The molecule has 1 aromatic carbocycles. The van der Waals surface area contributed by atoms with Gasteiger partial charge in [-0.1, -0.05) is 44.2 Å². The molecule has 2 aliphatic heterocycles. The molecule has 3 heterocycles. The number of anilines is 1. The first kappa shape index (κ1) is 16.7. The van der Waals surface area contributed by atoms with Crippen molar-refractivity contribution >= 4 is 17.9 Å². The van der Waals surface area contributed by atoms with Crippen LogP contribution in [0.25, 0.3) is 6.08 Å². The molecule has 2 aromatic rings. The van der Waals surface area contributed by atoms with Crippen LogP contribution < -0.4 is 16.0 Å². The molecule has 0 amide bonds. The molecular formula is C20H24N4O2. The molecule has 0 saturated carbocycles. The zero-order valence-corrected chi connectivity index (χ0v) is 15.0. The van der Waals surface area contributed by atoms with E-state index >= 15 is 0 Å². The summed E-state index contributed by atoms with van der Waals surface area (Å²) < 4.78 is 5.36. The lowest BCUT2D eigenvalue weighted by Crippen LogP contribution is -2.54. The Morgan fingerprint density at radius 2 is 2.04 bits per heavy atom. The van der Waals surface area contributed by atoms with E-state index in [1.165, 1.54) is 0 Å². The van der Waals surface area contributed by atoms with Gasteiger partial charge in [-0.3, -0.25) is 10.1 Å². The van der Waals surface area contributed by atoms with E-state index in [0.717, 1.165) is 16.9 Å². The first-order chi connectivity index (χ1) is 12.5. The third kappa shape index (κ3) is 3.08. The van der Waals surface area contributed by atoms with Gasteiger partial charge in [-0.2, -0.15) is 0 Å². The van der Waals surface area contributed by atoms with E-state index in [0.29, 0.717) is 6.61 Å². The van der Waals surface area contributed by atoms with E-state index in [4.69, 9.17) is 4.74 Å². The molecule has 4 N–H and O–H groups in total. The Hall–Kier alpha value is -2.73. The molecule has 0 radical (unpaired) electrons. The average molecular weight is 352 g/mol. The fourth-order valence-corrected chi connectivity index (χ4v) is 3.73. The number of ether oxygens (including phenoxy) is 1. The van der Waals surface area contributed by atoms with Gasteiger partial charge in [-0.05, 0) is 23.9 Å². The van der Waals surface area contributed by atoms with Crippen molar-refractivity contribution in [2.24, 2.45) is 11.3 Å². The van der Waals surface area contributed by atoms with Gasteiger partial charge in [0, 0.05) is 17.2 Å². The van der Waals surface area contributed by atoms with Crippen molar-refractivity contribution in [2.45, 2.75) is 26.2 Å². The molecule has 26 heavy (non-hydrogen) atoms. The Morgan fingerprint density at radius 3 is 2.77 bits per heavy atom. The maximum atomic E-state index is 12.4. The van der Waals surface area contributed by atoms with Crippen LogP contribution in [0.15, 0.2) is 48.8 Å². The van der Waals surface area contributed by atoms with Crippen LogP contribution in [0, 0.1) is 11.3 Å². The number of nitrogens with one attached hydrogen (secondary N) is 4. The molecule has 3 atom stereocenters. The molecule has 0 spiro atoms. The molecule has 4 rings (SSSR count). The average Bonchev–Trinajstić information content (AvgIpc) is 3.19. The number of hydrogen-bond acceptors (Lipinski definition) is 5. The van der Waals surface area contributed by atoms with Crippen molar-refractivity contribution < 1.29 is 9.53 Å². The number of rotatable bonds is 4. The number of aromatic nitrogens is 1. The summed E-state index contributed by atoms with van der Waals surface area (Å²) in [6, 6.07) is 12.0. The molecule has 0 aliphatic carbocycles. The van der Waals surface area contributed by atoms with Crippen LogP contribution in [-0.4, -0.2) is 23.8 Å². The topological polar surface area (TPSA) is 78.2 Å². The van der Waals surface area contributed by atoms with Gasteiger partial charge >= 0.3 is 5.97 Å². The number of carbonyl (C=O) groups excluding carboxylic acids is 1. The highest BCUT2D eigenvalue weighted by Crippen LogP contribution is 2.45. The summed E-state index contributed by atoms with van der Waals surface area (Å²) >= 11 is 0. The lowest BCUT2D eigenvalue weighted by atomic mass is 9.75. The lowest BCUT2D eigenvalue weighted by Gasteiger charge is -2.38. The van der Waals surface area contributed by atoms with E-state index in [1.54, 1.807) is 0 Å². The molecule has 2 aliphatic rings. The molecule has 1 fully saturated rings. The summed E-state index contributed by atoms with van der Waals surface area (Å²) in [5, 5.41) is 10.2. The number of hydrogen-bond donors (Lipinski definition) is 4. The first-order valence-electron chi connectivity index (χ1n) is 8.89. The highest BCUT2D eigenvalue weighted by Gasteiger charge is 2.50. The second kappa shape index (κ2) is 6.53. The third-order valence-corrected chi connectivity index (χ3v) is 5.10. The number of esters is 1. The summed E-state index contributed by atoms with van der Waals surface area (Å²) in [4.78, 5) is 15.6. The Labute approximate surface area is 153 Å². The minimum atomic E-state index is -0.235. The quantitative estimate of drug-likeness (QED) is 0.637. The lowest BCUT2D eigenvalue weighted by molar-refractivity contribution is -0.142. The van der Waals surface area contributed by atoms with Crippen molar-refractivity contribution in [2.75, 3.05) is 11.9 Å². The van der Waals surface area contributed by atoms with Gasteiger partial charge in [-0.25, -0.2) is 0 Å². The maximum Gasteiger partial charge on any atom is 0.311 e. The number of cyclic esters (lactones) is 1. The number of fused-ring (bicyclic) bond motifs is 1. The Balaban J connectivity index is 1.53. The van der Waals surface area contributed by atoms with Gasteiger partial charge in [0.25, 0.3) is 0 Å². The first-order valence-corrected chi connectivity index (χ1v) is 8.89. The van der Waals surface area contributed by atoms with Crippen LogP contribution >= 0.6 is 0 Å². The van der Waals surface area contributed by atoms with Gasteiger partial charge in [0.05, 0.1) is 18.6 Å². The number of aromatic amines is 1. The minimum absolute atomic E-state index is 0.120. The molecule has 1 saturated heterocycles. The molecule has 6 heteroatoms. The van der Waals surface area contributed by atoms with Crippen molar-refractivity contribution in [3.05, 3.63) is 59.9 Å². The molecule has 0 bridgehead atoms. The normalized spacial score (nSPS) is 27.0. The Bertz CT molecular complexity index is 812. The fraction of sp³-hybridized carbons (Fsp3) is 0.350. The summed E-state index contributed by atoms with van der Waals surface area (Å²) in [6.07, 6.45) is 5.61. The SMILES string of the molecule is CC1(C)COC(=O)C1C1NC(N/C=C\c2ccccc2)Nc2[nH]ccc21. The number of benzene rings is 1. The minimum Gasteiger partial charge on any atom is -0.465 e. The van der Waals surface area contributed by atoms with Crippen molar-refractivity contribution in [3.63, 3.8) is 0 Å². The van der Waals surface area contributed by atoms with E-state index in [-0.39, 0.29) is 29.6 Å². The summed E-state index contributed by atoms with van der Waals surface area (Å²) in [7, 11) is 0. The van der Waals surface area contributed by atoms with E-state index in [2.05, 4.69) is 34.8 Å². The summed E-state index contributed by atoms with van der Waals surface area (Å²) in [5.41, 5.74) is 1.96. The number of H-pyrrole nitrogens is 1. The van der Waals surface area contributed by atoms with E-state index < -0.39 is 0 Å². The molecular weight excluding hydrogens is 328 g/mol. The zero-order valence-electron chi connectivity index (χ0n) is 15.0. The summed E-state index contributed by atoms with van der Waals surface area (Å²) in [5.74, 6) is 0.552. The van der Waals surface area contributed by atoms with Crippen LogP contribution in [0.4, 0.5) is 5.82 Å². The van der Waals surface area contributed by atoms with Gasteiger partial charge in [-0.15, -0.1) is 0 Å². The highest BCUT2D eigenvalue weighted by atomic mass is 16.5. The fourth-order valence-electron chi connectivity index (χ4n) is 3.73. The second-order valence-electron chi connectivity index (χ2n) is 7.51. The van der Waals surface area contributed by atoms with Crippen LogP contribution in [-0.2, 0) is 9.53 Å². The Kier molecular flexibility index (Phi) is 4.20. The van der Waals surface area contributed by atoms with Gasteiger partial charge in [0.1, 0.15) is 5.82 Å². The molecule has 6 nitrogen and oxygen atoms in total. The van der Waals surface area contributed by atoms with Gasteiger partial charge < -0.3 is 20.4 Å². The molecule has 3 unspecified atom stereocenters. The predicted octanol–water partition coefficient (Wildman–Crippen LogP) is 2.81. The Morgan fingerprint density at radius 1 is 1.23 bits per heavy atom. The molecule has 1 aromatic heterocycles. The predicted molar refractivity (Wildman–Crippen MR) is 101 cm³/mol. The third-order valence-electron chi connectivity index (χ3n) is 5.10.